The number of carbonyl (C=O) groups excluding carboxylic acids is 1. The number of quaternary nitrogens is 1. The predicted octanol–water partition coefficient (Wildman–Crippen LogP) is 20.9. The van der Waals surface area contributed by atoms with Crippen molar-refractivity contribution >= 4 is 13.7 Å². The van der Waals surface area contributed by atoms with Crippen molar-refractivity contribution in [3.05, 3.63) is 0 Å². The van der Waals surface area contributed by atoms with Gasteiger partial charge in [0.05, 0.1) is 39.9 Å². The van der Waals surface area contributed by atoms with E-state index in [0.29, 0.717) is 23.9 Å². The Labute approximate surface area is 476 Å². The lowest BCUT2D eigenvalue weighted by Gasteiger charge is -2.30. The molecule has 3 unspecified atom stereocenters. The van der Waals surface area contributed by atoms with Crippen LogP contribution >= 0.6 is 7.82 Å². The Morgan fingerprint density at radius 2 is 0.645 bits per heavy atom. The second-order valence-corrected chi connectivity index (χ2v) is 26.7. The van der Waals surface area contributed by atoms with Crippen LogP contribution in [0.3, 0.4) is 0 Å². The highest BCUT2D eigenvalue weighted by Crippen LogP contribution is 2.38. The third-order valence-corrected chi connectivity index (χ3v) is 17.3. The van der Waals surface area contributed by atoms with Crippen LogP contribution in [0.15, 0.2) is 0 Å². The fourth-order valence-corrected chi connectivity index (χ4v) is 11.7. The number of aliphatic hydroxyl groups is 1. The van der Waals surface area contributed by atoms with Gasteiger partial charge < -0.3 is 28.8 Å². The number of nitrogens with one attached hydrogen (secondary N) is 1. The first kappa shape index (κ1) is 75.5. The van der Waals surface area contributed by atoms with Crippen molar-refractivity contribution in [3.63, 3.8) is 0 Å². The minimum Gasteiger partial charge on any atom is -0.756 e. The molecule has 3 atom stereocenters. The average molecular weight is 1100 g/mol. The van der Waals surface area contributed by atoms with E-state index >= 15 is 0 Å². The number of phosphoric acid groups is 1. The Balaban J connectivity index is 4.00. The number of phosphoric ester groups is 1. The molecule has 0 bridgehead atoms. The van der Waals surface area contributed by atoms with Gasteiger partial charge in [-0.3, -0.25) is 9.36 Å². The molecule has 0 fully saturated rings. The van der Waals surface area contributed by atoms with Crippen molar-refractivity contribution in [2.45, 2.75) is 386 Å². The molecule has 76 heavy (non-hydrogen) atoms. The minimum atomic E-state index is -4.57. The van der Waals surface area contributed by atoms with Gasteiger partial charge in [0.15, 0.2) is 0 Å². The van der Waals surface area contributed by atoms with E-state index in [9.17, 15) is 19.4 Å². The van der Waals surface area contributed by atoms with Gasteiger partial charge in [-0.15, -0.1) is 0 Å². The number of likely N-dealkylation sites (N-methyl/N-ethyl adjacent to an activating group) is 1. The van der Waals surface area contributed by atoms with Gasteiger partial charge >= 0.3 is 0 Å². The third kappa shape index (κ3) is 61.1. The van der Waals surface area contributed by atoms with Crippen LogP contribution in [0, 0.1) is 0 Å². The van der Waals surface area contributed by atoms with Gasteiger partial charge in [0.2, 0.25) is 5.91 Å². The number of hydrogen-bond acceptors (Lipinski definition) is 6. The molecule has 0 radical (unpaired) electrons. The van der Waals surface area contributed by atoms with E-state index in [1.54, 1.807) is 0 Å². The van der Waals surface area contributed by atoms with Crippen LogP contribution in [-0.2, 0) is 18.4 Å². The summed E-state index contributed by atoms with van der Waals surface area (Å²) in [5, 5.41) is 14.1. The molecule has 0 saturated heterocycles. The van der Waals surface area contributed by atoms with Crippen LogP contribution in [0.2, 0.25) is 0 Å². The number of rotatable bonds is 65. The number of unbranched alkanes of at least 4 members (excludes halogenated alkanes) is 52. The van der Waals surface area contributed by atoms with E-state index < -0.39 is 20.0 Å². The molecule has 456 valence electrons. The van der Waals surface area contributed by atoms with Crippen LogP contribution in [0.4, 0.5) is 0 Å². The maximum Gasteiger partial charge on any atom is 0.268 e. The minimum absolute atomic E-state index is 0.0170. The maximum absolute atomic E-state index is 13.0. The summed E-state index contributed by atoms with van der Waals surface area (Å²) in [6.07, 6.45) is 73.2. The second-order valence-electron chi connectivity index (χ2n) is 25.3. The van der Waals surface area contributed by atoms with Crippen LogP contribution in [0.25, 0.3) is 0 Å². The summed E-state index contributed by atoms with van der Waals surface area (Å²) in [7, 11) is 1.33. The molecule has 0 aromatic carbocycles. The molecule has 0 rings (SSSR count). The van der Waals surface area contributed by atoms with Crippen molar-refractivity contribution in [1.29, 1.82) is 0 Å². The third-order valence-electron chi connectivity index (χ3n) is 16.3. The van der Waals surface area contributed by atoms with Gasteiger partial charge in [-0.25, -0.2) is 0 Å². The van der Waals surface area contributed by atoms with E-state index in [1.165, 1.54) is 308 Å². The lowest BCUT2D eigenvalue weighted by molar-refractivity contribution is -0.870. The predicted molar refractivity (Wildman–Crippen MR) is 330 cm³/mol. The molecule has 0 spiro atoms. The first-order valence-corrected chi connectivity index (χ1v) is 35.8. The van der Waals surface area contributed by atoms with Gasteiger partial charge in [0, 0.05) is 6.42 Å². The van der Waals surface area contributed by atoms with Gasteiger partial charge in [-0.05, 0) is 12.8 Å². The van der Waals surface area contributed by atoms with E-state index in [1.807, 2.05) is 21.1 Å². The van der Waals surface area contributed by atoms with Crippen molar-refractivity contribution in [2.75, 3.05) is 40.9 Å². The standard InChI is InChI=1S/C67H137N2O6P/c1-6-8-10-12-14-16-18-20-22-24-26-28-30-32-33-34-35-37-39-41-43-45-47-49-51-53-55-57-59-61-67(71)68-65(64-75-76(72,73)74-63-62-69(3,4)5)66(70)60-58-56-54-52-50-48-46-44-42-40-38-36-31-29-27-25-23-21-19-17-15-13-11-9-7-2/h65-66,70H,6-64H2,1-5H3,(H-,68,71,72,73). The highest BCUT2D eigenvalue weighted by molar-refractivity contribution is 7.45. The van der Waals surface area contributed by atoms with Crippen LogP contribution in [-0.4, -0.2) is 68.5 Å². The zero-order chi connectivity index (χ0) is 55.6. The van der Waals surface area contributed by atoms with Crippen LogP contribution in [0.1, 0.15) is 373 Å². The molecule has 9 heteroatoms. The second kappa shape index (κ2) is 59.1. The molecule has 1 amide bonds. The van der Waals surface area contributed by atoms with E-state index in [2.05, 4.69) is 19.2 Å². The molecule has 0 saturated carbocycles. The number of amides is 1. The molecule has 0 heterocycles. The summed E-state index contributed by atoms with van der Waals surface area (Å²) < 4.78 is 23.5. The van der Waals surface area contributed by atoms with Crippen molar-refractivity contribution in [2.24, 2.45) is 0 Å². The number of nitrogens with zero attached hydrogens (tertiary/aromatic N) is 1. The summed E-state index contributed by atoms with van der Waals surface area (Å²) in [4.78, 5) is 25.6. The highest BCUT2D eigenvalue weighted by atomic mass is 31.2. The molecule has 0 aromatic heterocycles. The normalized spacial score (nSPS) is 13.6. The van der Waals surface area contributed by atoms with E-state index in [4.69, 9.17) is 9.05 Å². The molecule has 0 aliphatic carbocycles. The molecule has 0 aromatic rings. The zero-order valence-electron chi connectivity index (χ0n) is 52.3. The Hall–Kier alpha value is -0.500. The fraction of sp³-hybridized carbons (Fsp3) is 0.985. The zero-order valence-corrected chi connectivity index (χ0v) is 53.2. The monoisotopic (exact) mass is 1100 g/mol. The van der Waals surface area contributed by atoms with Crippen molar-refractivity contribution in [3.8, 4) is 0 Å². The van der Waals surface area contributed by atoms with Crippen molar-refractivity contribution in [1.82, 2.24) is 5.32 Å². The SMILES string of the molecule is CCCCCCCCCCCCCCCCCCCCCCCCCCCCCCCC(=O)NC(COP(=O)([O-])OCC[N+](C)(C)C)C(O)CCCCCCCCCCCCCCCCCCCCCCCCCCC. The maximum atomic E-state index is 13.0. The molecular formula is C67H137N2O6P. The van der Waals surface area contributed by atoms with Gasteiger partial charge in [-0.2, -0.15) is 0 Å². The Kier molecular flexibility index (Phi) is 58.7. The quantitative estimate of drug-likeness (QED) is 0.0357. The smallest absolute Gasteiger partial charge is 0.268 e. The molecular weight excluding hydrogens is 960 g/mol. The fourth-order valence-electron chi connectivity index (χ4n) is 11.0. The number of aliphatic hydroxyl groups excluding tert-OH is 1. The Morgan fingerprint density at radius 3 is 0.895 bits per heavy atom. The molecule has 0 aliphatic rings. The summed E-state index contributed by atoms with van der Waals surface area (Å²) in [6.45, 7) is 4.80. The van der Waals surface area contributed by atoms with Gasteiger partial charge in [-0.1, -0.05) is 354 Å². The number of carbonyl (C=O) groups is 1. The van der Waals surface area contributed by atoms with Crippen LogP contribution < -0.4 is 10.2 Å². The van der Waals surface area contributed by atoms with E-state index in [0.717, 1.165) is 38.5 Å². The lowest BCUT2D eigenvalue weighted by Crippen LogP contribution is -2.46. The topological polar surface area (TPSA) is 108 Å². The summed E-state index contributed by atoms with van der Waals surface area (Å²) in [5.74, 6) is -0.154. The highest BCUT2D eigenvalue weighted by Gasteiger charge is 2.24. The first-order valence-electron chi connectivity index (χ1n) is 34.4. The Morgan fingerprint density at radius 1 is 0.408 bits per heavy atom. The lowest BCUT2D eigenvalue weighted by atomic mass is 10.0. The summed E-state index contributed by atoms with van der Waals surface area (Å²) in [6, 6.07) is -0.796. The Bertz CT molecular complexity index is 1200. The molecule has 0 aliphatic heterocycles. The van der Waals surface area contributed by atoms with E-state index in [-0.39, 0.29) is 19.1 Å². The first-order chi connectivity index (χ1) is 37.0. The average Bonchev–Trinajstić information content (AvgIpc) is 3.38. The van der Waals surface area contributed by atoms with Crippen LogP contribution in [0.5, 0.6) is 0 Å². The summed E-state index contributed by atoms with van der Waals surface area (Å²) in [5.41, 5.74) is 0. The molecule has 2 N–H and O–H groups in total. The number of hydrogen-bond donors (Lipinski definition) is 2. The van der Waals surface area contributed by atoms with Gasteiger partial charge in [0.1, 0.15) is 13.2 Å². The van der Waals surface area contributed by atoms with Gasteiger partial charge in [0.25, 0.3) is 7.82 Å². The molecule has 8 nitrogen and oxygen atoms in total. The van der Waals surface area contributed by atoms with Crippen molar-refractivity contribution < 1.29 is 32.9 Å². The summed E-state index contributed by atoms with van der Waals surface area (Å²) >= 11 is 0. The largest absolute Gasteiger partial charge is 0.756 e.